The lowest BCUT2D eigenvalue weighted by Crippen LogP contribution is -2.16. The monoisotopic (exact) mass is 383 g/mol. The molecular weight excluding hydrogens is 371 g/mol. The molecule has 1 aliphatic rings. The van der Waals surface area contributed by atoms with Gasteiger partial charge in [0.1, 0.15) is 5.75 Å². The first-order valence-corrected chi connectivity index (χ1v) is 7.78. The Morgan fingerprint density at radius 1 is 1.09 bits per heavy atom. The van der Waals surface area contributed by atoms with Crippen molar-refractivity contribution in [2.45, 2.75) is 12.6 Å². The Labute approximate surface area is 140 Å². The van der Waals surface area contributed by atoms with E-state index in [1.165, 1.54) is 6.07 Å². The van der Waals surface area contributed by atoms with Gasteiger partial charge in [-0.1, -0.05) is 15.9 Å². The van der Waals surface area contributed by atoms with Crippen molar-refractivity contribution in [2.24, 2.45) is 4.99 Å². The number of methoxy groups -OCH3 is 1. The van der Waals surface area contributed by atoms with E-state index >= 15 is 0 Å². The summed E-state index contributed by atoms with van der Waals surface area (Å²) in [6, 6.07) is 9.16. The van der Waals surface area contributed by atoms with Crippen LogP contribution in [0.4, 0.5) is 13.2 Å². The summed E-state index contributed by atoms with van der Waals surface area (Å²) in [5.41, 5.74) is 2.22. The molecule has 1 heterocycles. The van der Waals surface area contributed by atoms with Crippen LogP contribution in [-0.2, 0) is 12.6 Å². The molecule has 0 saturated heterocycles. The van der Waals surface area contributed by atoms with Gasteiger partial charge >= 0.3 is 6.18 Å². The van der Waals surface area contributed by atoms with Crippen LogP contribution in [0.15, 0.2) is 45.9 Å². The van der Waals surface area contributed by atoms with Gasteiger partial charge in [0.15, 0.2) is 0 Å². The fourth-order valence-electron chi connectivity index (χ4n) is 2.62. The Balaban J connectivity index is 2.12. The van der Waals surface area contributed by atoms with Crippen molar-refractivity contribution in [1.29, 1.82) is 0 Å². The molecule has 2 aromatic rings. The molecule has 6 heteroatoms. The molecule has 0 unspecified atom stereocenters. The molecule has 0 aliphatic carbocycles. The summed E-state index contributed by atoms with van der Waals surface area (Å²) in [4.78, 5) is 4.46. The van der Waals surface area contributed by atoms with Crippen molar-refractivity contribution in [2.75, 3.05) is 13.7 Å². The molecule has 0 saturated carbocycles. The number of hydrogen-bond acceptors (Lipinski definition) is 2. The summed E-state index contributed by atoms with van der Waals surface area (Å²) >= 11 is 3.34. The zero-order chi connectivity index (χ0) is 16.6. The molecule has 0 N–H and O–H groups in total. The number of alkyl halides is 3. The molecule has 1 aliphatic heterocycles. The van der Waals surface area contributed by atoms with E-state index in [1.807, 2.05) is 12.1 Å². The first-order valence-electron chi connectivity index (χ1n) is 6.99. The van der Waals surface area contributed by atoms with Gasteiger partial charge in [0.05, 0.1) is 18.4 Å². The average molecular weight is 384 g/mol. The van der Waals surface area contributed by atoms with Crippen molar-refractivity contribution in [3.8, 4) is 5.75 Å². The number of hydrogen-bond donors (Lipinski definition) is 0. The van der Waals surface area contributed by atoms with E-state index in [-0.39, 0.29) is 0 Å². The van der Waals surface area contributed by atoms with Gasteiger partial charge in [-0.15, -0.1) is 0 Å². The van der Waals surface area contributed by atoms with Crippen LogP contribution in [0.3, 0.4) is 0 Å². The van der Waals surface area contributed by atoms with E-state index < -0.39 is 11.7 Å². The molecule has 120 valence electrons. The van der Waals surface area contributed by atoms with Crippen LogP contribution >= 0.6 is 15.9 Å². The van der Waals surface area contributed by atoms with Gasteiger partial charge in [-0.25, -0.2) is 0 Å². The highest BCUT2D eigenvalue weighted by Gasteiger charge is 2.31. The zero-order valence-electron chi connectivity index (χ0n) is 12.2. The second-order valence-corrected chi connectivity index (χ2v) is 6.05. The van der Waals surface area contributed by atoms with Crippen molar-refractivity contribution in [3.63, 3.8) is 0 Å². The Morgan fingerprint density at radius 3 is 2.57 bits per heavy atom. The van der Waals surface area contributed by atoms with Crippen molar-refractivity contribution < 1.29 is 17.9 Å². The number of halogens is 4. The molecule has 2 aromatic carbocycles. The number of benzene rings is 2. The number of rotatable bonds is 2. The van der Waals surface area contributed by atoms with Crippen LogP contribution in [0.2, 0.25) is 0 Å². The third kappa shape index (κ3) is 3.13. The van der Waals surface area contributed by atoms with E-state index in [0.717, 1.165) is 35.4 Å². The van der Waals surface area contributed by atoms with E-state index in [1.54, 1.807) is 13.2 Å². The lowest BCUT2D eigenvalue weighted by molar-refractivity contribution is -0.137. The SMILES string of the molecule is COc1ccc2c(c1)CCN=C2c1cc(C(F)(F)F)ccc1Br. The fourth-order valence-corrected chi connectivity index (χ4v) is 3.06. The predicted octanol–water partition coefficient (Wildman–Crippen LogP) is 4.87. The lowest BCUT2D eigenvalue weighted by Gasteiger charge is -2.20. The summed E-state index contributed by atoms with van der Waals surface area (Å²) in [6.07, 6.45) is -3.64. The maximum absolute atomic E-state index is 13.0. The van der Waals surface area contributed by atoms with E-state index in [4.69, 9.17) is 4.74 Å². The van der Waals surface area contributed by atoms with Crippen molar-refractivity contribution in [1.82, 2.24) is 0 Å². The van der Waals surface area contributed by atoms with Crippen molar-refractivity contribution in [3.05, 3.63) is 63.1 Å². The lowest BCUT2D eigenvalue weighted by atomic mass is 9.92. The Morgan fingerprint density at radius 2 is 1.87 bits per heavy atom. The molecule has 0 radical (unpaired) electrons. The molecule has 0 atom stereocenters. The van der Waals surface area contributed by atoms with E-state index in [2.05, 4.69) is 20.9 Å². The minimum atomic E-state index is -4.38. The second kappa shape index (κ2) is 6.00. The summed E-state index contributed by atoms with van der Waals surface area (Å²) in [5, 5.41) is 0. The minimum Gasteiger partial charge on any atom is -0.497 e. The van der Waals surface area contributed by atoms with E-state index in [9.17, 15) is 13.2 Å². The van der Waals surface area contributed by atoms with Crippen LogP contribution in [0.25, 0.3) is 0 Å². The second-order valence-electron chi connectivity index (χ2n) is 5.20. The third-order valence-electron chi connectivity index (χ3n) is 3.77. The third-order valence-corrected chi connectivity index (χ3v) is 4.46. The maximum Gasteiger partial charge on any atom is 0.416 e. The number of aliphatic imine (C=N–C) groups is 1. The van der Waals surface area contributed by atoms with Crippen LogP contribution in [0.1, 0.15) is 22.3 Å². The Kier molecular flexibility index (Phi) is 4.19. The topological polar surface area (TPSA) is 21.6 Å². The molecule has 0 amide bonds. The molecule has 0 spiro atoms. The molecule has 0 aromatic heterocycles. The highest BCUT2D eigenvalue weighted by atomic mass is 79.9. The molecule has 0 bridgehead atoms. The van der Waals surface area contributed by atoms with Gasteiger partial charge in [-0.05, 0) is 48.4 Å². The molecular formula is C17H13BrF3NO. The highest BCUT2D eigenvalue weighted by molar-refractivity contribution is 9.10. The molecule has 23 heavy (non-hydrogen) atoms. The van der Waals surface area contributed by atoms with Crippen LogP contribution in [0.5, 0.6) is 5.75 Å². The predicted molar refractivity (Wildman–Crippen MR) is 86.3 cm³/mol. The number of nitrogens with zero attached hydrogens (tertiary/aromatic N) is 1. The first-order chi connectivity index (χ1) is 10.9. The molecule has 0 fully saturated rings. The average Bonchev–Trinajstić information content (AvgIpc) is 2.53. The van der Waals surface area contributed by atoms with Gasteiger partial charge in [0, 0.05) is 22.1 Å². The van der Waals surface area contributed by atoms with E-state index in [0.29, 0.717) is 22.3 Å². The van der Waals surface area contributed by atoms with Gasteiger partial charge in [-0.2, -0.15) is 13.2 Å². The van der Waals surface area contributed by atoms with Crippen molar-refractivity contribution >= 4 is 21.6 Å². The first kappa shape index (κ1) is 16.1. The zero-order valence-corrected chi connectivity index (χ0v) is 13.8. The standard InChI is InChI=1S/C17H13BrF3NO/c1-23-12-3-4-13-10(8-12)6-7-22-16(13)14-9-11(17(19,20)21)2-5-15(14)18/h2-5,8-9H,6-7H2,1H3. The Bertz CT molecular complexity index is 784. The van der Waals surface area contributed by atoms with Crippen LogP contribution < -0.4 is 4.74 Å². The van der Waals surface area contributed by atoms with Gasteiger partial charge in [0.2, 0.25) is 0 Å². The highest BCUT2D eigenvalue weighted by Crippen LogP contribution is 2.34. The summed E-state index contributed by atoms with van der Waals surface area (Å²) in [6.45, 7) is 0.540. The largest absolute Gasteiger partial charge is 0.497 e. The maximum atomic E-state index is 13.0. The quantitative estimate of drug-likeness (QED) is 0.724. The summed E-state index contributed by atoms with van der Waals surface area (Å²) in [5.74, 6) is 0.730. The smallest absolute Gasteiger partial charge is 0.416 e. The normalized spacial score (nSPS) is 14.2. The number of fused-ring (bicyclic) bond motifs is 1. The van der Waals surface area contributed by atoms with Crippen LogP contribution in [0, 0.1) is 0 Å². The van der Waals surface area contributed by atoms with Crippen LogP contribution in [-0.4, -0.2) is 19.4 Å². The van der Waals surface area contributed by atoms with Gasteiger partial charge < -0.3 is 4.74 Å². The Hall–Kier alpha value is -1.82. The van der Waals surface area contributed by atoms with Gasteiger partial charge in [0.25, 0.3) is 0 Å². The molecule has 2 nitrogen and oxygen atoms in total. The minimum absolute atomic E-state index is 0.450. The summed E-state index contributed by atoms with van der Waals surface area (Å²) in [7, 11) is 1.59. The summed E-state index contributed by atoms with van der Waals surface area (Å²) < 4.78 is 44.8. The fraction of sp³-hybridized carbons (Fsp3) is 0.235. The number of ether oxygens (including phenoxy) is 1. The van der Waals surface area contributed by atoms with Gasteiger partial charge in [-0.3, -0.25) is 4.99 Å². The molecule has 3 rings (SSSR count).